The molecular weight excluding hydrogens is 285 g/mol. The van der Waals surface area contributed by atoms with Crippen LogP contribution < -0.4 is 10.1 Å². The number of carbonyl (C=O) groups excluding carboxylic acids is 1. The van der Waals surface area contributed by atoms with Crippen LogP contribution in [0.2, 0.25) is 0 Å². The fourth-order valence-corrected chi connectivity index (χ4v) is 2.64. The van der Waals surface area contributed by atoms with Crippen LogP contribution >= 0.6 is 0 Å². The normalized spacial score (nSPS) is 15.4. The summed E-state index contributed by atoms with van der Waals surface area (Å²) in [6.45, 7) is 0.523. The van der Waals surface area contributed by atoms with Gasteiger partial charge in [0.2, 0.25) is 5.88 Å². The highest BCUT2D eigenvalue weighted by atomic mass is 19.1. The highest BCUT2D eigenvalue weighted by molar-refractivity contribution is 5.96. The van der Waals surface area contributed by atoms with Crippen LogP contribution in [-0.2, 0) is 12.5 Å². The van der Waals surface area contributed by atoms with Crippen molar-refractivity contribution < 1.29 is 13.9 Å². The van der Waals surface area contributed by atoms with Crippen molar-refractivity contribution in [2.75, 3.05) is 13.7 Å². The first kappa shape index (κ1) is 14.6. The van der Waals surface area contributed by atoms with Gasteiger partial charge in [-0.25, -0.2) is 4.39 Å². The van der Waals surface area contributed by atoms with Crippen LogP contribution in [0, 0.1) is 5.82 Å². The van der Waals surface area contributed by atoms with Crippen LogP contribution in [-0.4, -0.2) is 29.3 Å². The van der Waals surface area contributed by atoms with E-state index in [1.54, 1.807) is 30.1 Å². The standard InChI is InChI=1S/C16H18FN3O2/c1-20-9-13(15(19-20)22-2)14(21)18-10-16(7-8-16)11-3-5-12(17)6-4-11/h3-6,9H,7-8,10H2,1-2H3,(H,18,21). The van der Waals surface area contributed by atoms with Crippen LogP contribution in [0.4, 0.5) is 4.39 Å². The Labute approximate surface area is 128 Å². The average molecular weight is 303 g/mol. The predicted octanol–water partition coefficient (Wildman–Crippen LogP) is 2.03. The first-order valence-corrected chi connectivity index (χ1v) is 7.16. The number of aromatic nitrogens is 2. The maximum Gasteiger partial charge on any atom is 0.258 e. The predicted molar refractivity (Wildman–Crippen MR) is 79.4 cm³/mol. The molecule has 5 nitrogen and oxygen atoms in total. The van der Waals surface area contributed by atoms with Crippen molar-refractivity contribution >= 4 is 5.91 Å². The highest BCUT2D eigenvalue weighted by Gasteiger charge is 2.44. The molecule has 1 aliphatic carbocycles. The summed E-state index contributed by atoms with van der Waals surface area (Å²) in [6, 6.07) is 6.50. The van der Waals surface area contributed by atoms with E-state index >= 15 is 0 Å². The first-order valence-electron chi connectivity index (χ1n) is 7.16. The van der Waals surface area contributed by atoms with Gasteiger partial charge in [0, 0.05) is 25.2 Å². The molecule has 1 aromatic heterocycles. The SMILES string of the molecule is COc1nn(C)cc1C(=O)NCC1(c2ccc(F)cc2)CC1. The molecular formula is C16H18FN3O2. The molecule has 1 aliphatic rings. The Balaban J connectivity index is 1.69. The van der Waals surface area contributed by atoms with Gasteiger partial charge in [0.05, 0.1) is 7.11 Å². The molecule has 1 heterocycles. The van der Waals surface area contributed by atoms with Gasteiger partial charge in [0.15, 0.2) is 0 Å². The quantitative estimate of drug-likeness (QED) is 0.919. The third-order valence-electron chi connectivity index (χ3n) is 4.13. The number of benzene rings is 1. The molecule has 1 amide bonds. The number of aryl methyl sites for hydroxylation is 1. The molecule has 0 saturated heterocycles. The molecule has 2 aromatic rings. The van der Waals surface area contributed by atoms with Crippen LogP contribution in [0.1, 0.15) is 28.8 Å². The summed E-state index contributed by atoms with van der Waals surface area (Å²) in [5, 5.41) is 7.01. The van der Waals surface area contributed by atoms with E-state index in [0.717, 1.165) is 18.4 Å². The van der Waals surface area contributed by atoms with Crippen LogP contribution in [0.25, 0.3) is 0 Å². The molecule has 0 atom stereocenters. The summed E-state index contributed by atoms with van der Waals surface area (Å²) < 4.78 is 19.7. The lowest BCUT2D eigenvalue weighted by molar-refractivity contribution is 0.0946. The lowest BCUT2D eigenvalue weighted by Gasteiger charge is -2.16. The van der Waals surface area contributed by atoms with E-state index in [9.17, 15) is 9.18 Å². The van der Waals surface area contributed by atoms with Gasteiger partial charge in [-0.05, 0) is 30.5 Å². The Morgan fingerprint density at radius 2 is 2.09 bits per heavy atom. The van der Waals surface area contributed by atoms with Crippen molar-refractivity contribution in [3.63, 3.8) is 0 Å². The molecule has 1 N–H and O–H groups in total. The van der Waals surface area contributed by atoms with Crippen LogP contribution in [0.15, 0.2) is 30.5 Å². The van der Waals surface area contributed by atoms with E-state index in [1.807, 2.05) is 0 Å². The third kappa shape index (κ3) is 2.68. The second-order valence-corrected chi connectivity index (χ2v) is 5.70. The van der Waals surface area contributed by atoms with Crippen LogP contribution in [0.5, 0.6) is 5.88 Å². The van der Waals surface area contributed by atoms with Gasteiger partial charge >= 0.3 is 0 Å². The van der Waals surface area contributed by atoms with Gasteiger partial charge in [0.1, 0.15) is 11.4 Å². The minimum Gasteiger partial charge on any atom is -0.479 e. The van der Waals surface area contributed by atoms with Gasteiger partial charge < -0.3 is 10.1 Å². The Kier molecular flexibility index (Phi) is 3.60. The molecule has 0 unspecified atom stereocenters. The van der Waals surface area contributed by atoms with E-state index < -0.39 is 0 Å². The van der Waals surface area contributed by atoms with Gasteiger partial charge in [-0.2, -0.15) is 0 Å². The minimum absolute atomic E-state index is 0.0706. The van der Waals surface area contributed by atoms with Crippen molar-refractivity contribution in [1.29, 1.82) is 0 Å². The van der Waals surface area contributed by atoms with E-state index in [2.05, 4.69) is 10.4 Å². The number of hydrogen-bond acceptors (Lipinski definition) is 3. The largest absolute Gasteiger partial charge is 0.479 e. The molecule has 0 spiro atoms. The van der Waals surface area contributed by atoms with E-state index in [-0.39, 0.29) is 17.1 Å². The van der Waals surface area contributed by atoms with Gasteiger partial charge in [-0.1, -0.05) is 12.1 Å². The second kappa shape index (κ2) is 5.44. The number of amides is 1. The van der Waals surface area contributed by atoms with Gasteiger partial charge in [-0.15, -0.1) is 5.10 Å². The first-order chi connectivity index (χ1) is 10.5. The van der Waals surface area contributed by atoms with Crippen molar-refractivity contribution in [1.82, 2.24) is 15.1 Å². The number of nitrogens with one attached hydrogen (secondary N) is 1. The van der Waals surface area contributed by atoms with Crippen molar-refractivity contribution in [2.24, 2.45) is 7.05 Å². The van der Waals surface area contributed by atoms with Gasteiger partial charge in [-0.3, -0.25) is 9.48 Å². The lowest BCUT2D eigenvalue weighted by Crippen LogP contribution is -2.32. The minimum atomic E-state index is -0.247. The number of carbonyl (C=O) groups is 1. The van der Waals surface area contributed by atoms with E-state index in [0.29, 0.717) is 18.0 Å². The number of rotatable bonds is 5. The molecule has 0 bridgehead atoms. The Hall–Kier alpha value is -2.37. The molecule has 0 radical (unpaired) electrons. The maximum atomic E-state index is 13.0. The zero-order valence-corrected chi connectivity index (χ0v) is 12.6. The number of nitrogens with zero attached hydrogens (tertiary/aromatic N) is 2. The summed E-state index contributed by atoms with van der Waals surface area (Å²) in [4.78, 5) is 12.3. The average Bonchev–Trinajstić information content (AvgIpc) is 3.21. The fraction of sp³-hybridized carbons (Fsp3) is 0.375. The third-order valence-corrected chi connectivity index (χ3v) is 4.13. The number of hydrogen-bond donors (Lipinski definition) is 1. The number of halogens is 1. The molecule has 1 aromatic carbocycles. The maximum absolute atomic E-state index is 13.0. The monoisotopic (exact) mass is 303 g/mol. The smallest absolute Gasteiger partial charge is 0.258 e. The van der Waals surface area contributed by atoms with Crippen molar-refractivity contribution in [2.45, 2.75) is 18.3 Å². The molecule has 1 fully saturated rings. The van der Waals surface area contributed by atoms with Crippen molar-refractivity contribution in [3.8, 4) is 5.88 Å². The molecule has 6 heteroatoms. The number of methoxy groups -OCH3 is 1. The second-order valence-electron chi connectivity index (χ2n) is 5.70. The number of ether oxygens (including phenoxy) is 1. The lowest BCUT2D eigenvalue weighted by atomic mass is 9.96. The zero-order chi connectivity index (χ0) is 15.7. The highest BCUT2D eigenvalue weighted by Crippen LogP contribution is 2.47. The fourth-order valence-electron chi connectivity index (χ4n) is 2.64. The Morgan fingerprint density at radius 3 is 2.68 bits per heavy atom. The summed E-state index contributed by atoms with van der Waals surface area (Å²) in [6.07, 6.45) is 3.61. The summed E-state index contributed by atoms with van der Waals surface area (Å²) in [5.41, 5.74) is 1.41. The molecule has 22 heavy (non-hydrogen) atoms. The summed E-state index contributed by atoms with van der Waals surface area (Å²) >= 11 is 0. The Bertz CT molecular complexity index is 690. The van der Waals surface area contributed by atoms with Gasteiger partial charge in [0.25, 0.3) is 5.91 Å². The summed E-state index contributed by atoms with van der Waals surface area (Å²) in [5.74, 6) is -0.145. The Morgan fingerprint density at radius 1 is 1.41 bits per heavy atom. The van der Waals surface area contributed by atoms with Crippen molar-refractivity contribution in [3.05, 3.63) is 47.4 Å². The molecule has 3 rings (SSSR count). The zero-order valence-electron chi connectivity index (χ0n) is 12.6. The molecule has 1 saturated carbocycles. The van der Waals surface area contributed by atoms with E-state index in [1.165, 1.54) is 19.2 Å². The molecule has 116 valence electrons. The molecule has 0 aliphatic heterocycles. The topological polar surface area (TPSA) is 56.2 Å². The van der Waals surface area contributed by atoms with E-state index in [4.69, 9.17) is 4.74 Å². The summed E-state index contributed by atoms with van der Waals surface area (Å²) in [7, 11) is 3.22. The van der Waals surface area contributed by atoms with Crippen LogP contribution in [0.3, 0.4) is 0 Å².